The number of carbonyl (C=O) groups is 1. The Morgan fingerprint density at radius 1 is 1.40 bits per heavy atom. The summed E-state index contributed by atoms with van der Waals surface area (Å²) in [6, 6.07) is 7.35. The highest BCUT2D eigenvalue weighted by molar-refractivity contribution is 5.89. The number of hydrogen-bond donors (Lipinski definition) is 1. The molecule has 0 aromatic heterocycles. The fraction of sp³-hybridized carbons (Fsp3) is 0.250. The van der Waals surface area contributed by atoms with Gasteiger partial charge >= 0.3 is 5.97 Å². The lowest BCUT2D eigenvalue weighted by molar-refractivity contribution is -0.134. The summed E-state index contributed by atoms with van der Waals surface area (Å²) in [6.07, 6.45) is 3.31. The molecule has 0 unspecified atom stereocenters. The molecule has 1 aromatic carbocycles. The van der Waals surface area contributed by atoms with Gasteiger partial charge in [-0.25, -0.2) is 4.79 Å². The van der Waals surface area contributed by atoms with E-state index in [1.807, 2.05) is 12.1 Å². The number of halogens is 1. The molecule has 0 heterocycles. The van der Waals surface area contributed by atoms with Crippen molar-refractivity contribution in [2.75, 3.05) is 0 Å². The Morgan fingerprint density at radius 3 is 2.67 bits per heavy atom. The Bertz CT molecular complexity index is 419. The lowest BCUT2D eigenvalue weighted by Crippen LogP contribution is -1.95. The summed E-state index contributed by atoms with van der Waals surface area (Å²) in [5.74, 6) is -2.14. The molecule has 1 fully saturated rings. The summed E-state index contributed by atoms with van der Waals surface area (Å²) in [7, 11) is 0. The molecule has 0 amide bonds. The predicted molar refractivity (Wildman–Crippen MR) is 55.1 cm³/mol. The third kappa shape index (κ3) is 2.24. The molecule has 0 aliphatic heterocycles. The lowest BCUT2D eigenvalue weighted by atomic mass is 10.0. The number of carboxylic acids is 1. The second-order valence-electron chi connectivity index (χ2n) is 3.70. The average molecular weight is 206 g/mol. The molecule has 0 spiro atoms. The van der Waals surface area contributed by atoms with Gasteiger partial charge in [0.15, 0.2) is 0 Å². The number of carboxylic acid groups (broad SMARTS) is 1. The minimum atomic E-state index is -1.51. The standard InChI is InChI=1S/C12H11FO2/c13-11(12(14)15)7-9-3-1-2-4-10(9)8-5-6-8/h1-4,7-8H,5-6H2,(H,14,15). The monoisotopic (exact) mass is 206 g/mol. The maximum absolute atomic E-state index is 12.9. The first-order valence-corrected chi connectivity index (χ1v) is 4.88. The van der Waals surface area contributed by atoms with Crippen LogP contribution in [0.25, 0.3) is 6.08 Å². The third-order valence-corrected chi connectivity index (χ3v) is 2.50. The van der Waals surface area contributed by atoms with Crippen LogP contribution >= 0.6 is 0 Å². The zero-order valence-electron chi connectivity index (χ0n) is 8.11. The van der Waals surface area contributed by atoms with Gasteiger partial charge in [0, 0.05) is 0 Å². The largest absolute Gasteiger partial charge is 0.476 e. The molecule has 0 saturated heterocycles. The molecule has 2 rings (SSSR count). The summed E-state index contributed by atoms with van der Waals surface area (Å²) in [5.41, 5.74) is 1.73. The number of hydrogen-bond acceptors (Lipinski definition) is 1. The van der Waals surface area contributed by atoms with Crippen LogP contribution in [0.3, 0.4) is 0 Å². The molecule has 1 aliphatic rings. The van der Waals surface area contributed by atoms with E-state index >= 15 is 0 Å². The minimum absolute atomic E-state index is 0.485. The topological polar surface area (TPSA) is 37.3 Å². The van der Waals surface area contributed by atoms with E-state index in [0.29, 0.717) is 11.5 Å². The molecule has 2 nitrogen and oxygen atoms in total. The molecule has 1 aromatic rings. The Labute approximate surface area is 87.0 Å². The second kappa shape index (κ2) is 3.85. The first-order chi connectivity index (χ1) is 7.18. The molecule has 3 heteroatoms. The van der Waals surface area contributed by atoms with Crippen LogP contribution in [0.15, 0.2) is 30.1 Å². The van der Waals surface area contributed by atoms with Gasteiger partial charge in [-0.1, -0.05) is 24.3 Å². The molecule has 0 radical (unpaired) electrons. The fourth-order valence-electron chi connectivity index (χ4n) is 1.61. The maximum Gasteiger partial charge on any atom is 0.364 e. The summed E-state index contributed by atoms with van der Waals surface area (Å²) in [5, 5.41) is 8.45. The smallest absolute Gasteiger partial charge is 0.364 e. The van der Waals surface area contributed by atoms with Crippen LogP contribution in [-0.2, 0) is 4.79 Å². The summed E-state index contributed by atoms with van der Waals surface area (Å²) in [6.45, 7) is 0. The molecular weight excluding hydrogens is 195 g/mol. The van der Waals surface area contributed by atoms with Crippen molar-refractivity contribution in [3.63, 3.8) is 0 Å². The zero-order chi connectivity index (χ0) is 10.8. The first-order valence-electron chi connectivity index (χ1n) is 4.88. The lowest BCUT2D eigenvalue weighted by Gasteiger charge is -2.03. The van der Waals surface area contributed by atoms with E-state index in [1.165, 1.54) is 0 Å². The minimum Gasteiger partial charge on any atom is -0.476 e. The molecule has 0 atom stereocenters. The van der Waals surface area contributed by atoms with Crippen molar-refractivity contribution in [2.45, 2.75) is 18.8 Å². The molecule has 0 bridgehead atoms. The van der Waals surface area contributed by atoms with E-state index < -0.39 is 11.8 Å². The van der Waals surface area contributed by atoms with Crippen molar-refractivity contribution in [1.29, 1.82) is 0 Å². The van der Waals surface area contributed by atoms with Crippen molar-refractivity contribution in [3.8, 4) is 0 Å². The first kappa shape index (κ1) is 9.90. The quantitative estimate of drug-likeness (QED) is 0.772. The van der Waals surface area contributed by atoms with Crippen LogP contribution in [0.2, 0.25) is 0 Å². The Balaban J connectivity index is 2.35. The van der Waals surface area contributed by atoms with Crippen molar-refractivity contribution >= 4 is 12.0 Å². The van der Waals surface area contributed by atoms with Crippen LogP contribution in [-0.4, -0.2) is 11.1 Å². The van der Waals surface area contributed by atoms with Crippen LogP contribution in [0.5, 0.6) is 0 Å². The van der Waals surface area contributed by atoms with Crippen molar-refractivity contribution in [1.82, 2.24) is 0 Å². The van der Waals surface area contributed by atoms with Crippen LogP contribution in [0.4, 0.5) is 4.39 Å². The van der Waals surface area contributed by atoms with E-state index in [9.17, 15) is 9.18 Å². The van der Waals surface area contributed by atoms with E-state index in [2.05, 4.69) is 0 Å². The van der Waals surface area contributed by atoms with Crippen molar-refractivity contribution in [2.24, 2.45) is 0 Å². The van der Waals surface area contributed by atoms with Crippen molar-refractivity contribution < 1.29 is 14.3 Å². The van der Waals surface area contributed by atoms with Crippen LogP contribution < -0.4 is 0 Å². The summed E-state index contributed by atoms with van der Waals surface area (Å²) in [4.78, 5) is 10.4. The van der Waals surface area contributed by atoms with Gasteiger partial charge in [0.05, 0.1) is 0 Å². The molecule has 1 N–H and O–H groups in total. The maximum atomic E-state index is 12.9. The van der Waals surface area contributed by atoms with Gasteiger partial charge < -0.3 is 5.11 Å². The number of aliphatic carboxylic acids is 1. The molecule has 78 valence electrons. The van der Waals surface area contributed by atoms with Gasteiger partial charge in [-0.15, -0.1) is 0 Å². The van der Waals surface area contributed by atoms with Gasteiger partial charge in [-0.3, -0.25) is 0 Å². The molecule has 1 aliphatic carbocycles. The highest BCUT2D eigenvalue weighted by Gasteiger charge is 2.25. The SMILES string of the molecule is O=C(O)C(F)=Cc1ccccc1C1CC1. The predicted octanol–water partition coefficient (Wildman–Crippen LogP) is 2.96. The van der Waals surface area contributed by atoms with E-state index in [4.69, 9.17) is 5.11 Å². The van der Waals surface area contributed by atoms with Crippen molar-refractivity contribution in [3.05, 3.63) is 41.2 Å². The average Bonchev–Trinajstić information content (AvgIpc) is 3.02. The van der Waals surface area contributed by atoms with Gasteiger partial charge in [-0.2, -0.15) is 4.39 Å². The number of benzene rings is 1. The van der Waals surface area contributed by atoms with Gasteiger partial charge in [0.2, 0.25) is 5.83 Å². The van der Waals surface area contributed by atoms with E-state index in [0.717, 1.165) is 24.5 Å². The summed E-state index contributed by atoms with van der Waals surface area (Å²) >= 11 is 0. The molecular formula is C12H11FO2. The second-order valence-corrected chi connectivity index (χ2v) is 3.70. The fourth-order valence-corrected chi connectivity index (χ4v) is 1.61. The Hall–Kier alpha value is -1.64. The van der Waals surface area contributed by atoms with Gasteiger partial charge in [0.1, 0.15) is 0 Å². The highest BCUT2D eigenvalue weighted by atomic mass is 19.1. The van der Waals surface area contributed by atoms with E-state index in [-0.39, 0.29) is 0 Å². The van der Waals surface area contributed by atoms with E-state index in [1.54, 1.807) is 12.1 Å². The number of rotatable bonds is 3. The highest BCUT2D eigenvalue weighted by Crippen LogP contribution is 2.42. The molecule has 1 saturated carbocycles. The Morgan fingerprint density at radius 2 is 2.07 bits per heavy atom. The summed E-state index contributed by atoms with van der Waals surface area (Å²) < 4.78 is 12.9. The van der Waals surface area contributed by atoms with Gasteiger partial charge in [0.25, 0.3) is 0 Å². The van der Waals surface area contributed by atoms with Crippen LogP contribution in [0.1, 0.15) is 29.9 Å². The molecule has 15 heavy (non-hydrogen) atoms. The third-order valence-electron chi connectivity index (χ3n) is 2.50. The van der Waals surface area contributed by atoms with Gasteiger partial charge in [-0.05, 0) is 36.0 Å². The zero-order valence-corrected chi connectivity index (χ0v) is 8.11. The normalized spacial score (nSPS) is 16.5. The Kier molecular flexibility index (Phi) is 2.54. The van der Waals surface area contributed by atoms with Crippen LogP contribution in [0, 0.1) is 0 Å².